The van der Waals surface area contributed by atoms with Crippen LogP contribution in [0.3, 0.4) is 0 Å². The topological polar surface area (TPSA) is 89.8 Å². The molecule has 1 atom stereocenters. The molecular weight excluding hydrogens is 490 g/mol. The van der Waals surface area contributed by atoms with E-state index in [1.807, 2.05) is 30.5 Å². The Kier molecular flexibility index (Phi) is 6.02. The van der Waals surface area contributed by atoms with Gasteiger partial charge >= 0.3 is 0 Å². The molecule has 3 saturated heterocycles. The molecule has 1 spiro atoms. The average molecular weight is 524 g/mol. The summed E-state index contributed by atoms with van der Waals surface area (Å²) < 4.78 is 12.6. The van der Waals surface area contributed by atoms with Gasteiger partial charge in [0, 0.05) is 55.2 Å². The molecule has 7 rings (SSSR count). The van der Waals surface area contributed by atoms with E-state index in [9.17, 15) is 5.26 Å². The summed E-state index contributed by atoms with van der Waals surface area (Å²) in [5.74, 6) is 0.948. The van der Waals surface area contributed by atoms with E-state index in [1.165, 1.54) is 16.9 Å². The predicted molar refractivity (Wildman–Crippen MR) is 149 cm³/mol. The third-order valence-corrected chi connectivity index (χ3v) is 8.21. The largest absolute Gasteiger partial charge is 0.490 e. The van der Waals surface area contributed by atoms with Gasteiger partial charge in [0.15, 0.2) is 0 Å². The highest BCUT2D eigenvalue weighted by Crippen LogP contribution is 2.34. The predicted octanol–water partition coefficient (Wildman–Crippen LogP) is 2.80. The van der Waals surface area contributed by atoms with Gasteiger partial charge in [0.1, 0.15) is 23.5 Å². The molecule has 3 aromatic rings. The number of nitrogens with one attached hydrogen (secondary N) is 1. The summed E-state index contributed by atoms with van der Waals surface area (Å²) in [5, 5.41) is 14.0. The quantitative estimate of drug-likeness (QED) is 0.557. The molecule has 4 aliphatic heterocycles. The molecule has 2 aromatic heterocycles. The van der Waals surface area contributed by atoms with Gasteiger partial charge in [-0.15, -0.1) is 0 Å². The number of hydrogen-bond donors (Lipinski definition) is 1. The van der Waals surface area contributed by atoms with E-state index in [-0.39, 0.29) is 11.7 Å². The van der Waals surface area contributed by atoms with Gasteiger partial charge < -0.3 is 29.5 Å². The van der Waals surface area contributed by atoms with E-state index < -0.39 is 0 Å². The van der Waals surface area contributed by atoms with Crippen LogP contribution in [0.4, 0.5) is 11.4 Å². The van der Waals surface area contributed by atoms with Crippen LogP contribution in [0.5, 0.6) is 0 Å². The highest BCUT2D eigenvalue weighted by atomic mass is 16.5. The van der Waals surface area contributed by atoms with E-state index in [1.54, 1.807) is 6.20 Å². The molecule has 200 valence electrons. The van der Waals surface area contributed by atoms with Gasteiger partial charge in [-0.1, -0.05) is 0 Å². The fourth-order valence-corrected chi connectivity index (χ4v) is 6.43. The number of likely N-dealkylation sites (tertiary alicyclic amines) is 1. The van der Waals surface area contributed by atoms with Crippen molar-refractivity contribution in [1.29, 1.82) is 5.26 Å². The van der Waals surface area contributed by atoms with Crippen molar-refractivity contribution < 1.29 is 9.47 Å². The first kappa shape index (κ1) is 24.2. The number of fused-ring (bicyclic) bond motifs is 2. The van der Waals surface area contributed by atoms with Crippen LogP contribution in [0.15, 0.2) is 54.7 Å². The molecule has 0 saturated carbocycles. The van der Waals surface area contributed by atoms with Crippen LogP contribution in [0.25, 0.3) is 10.9 Å². The summed E-state index contributed by atoms with van der Waals surface area (Å²) in [4.78, 5) is 16.3. The first-order chi connectivity index (χ1) is 19.1. The summed E-state index contributed by atoms with van der Waals surface area (Å²) >= 11 is 0. The van der Waals surface area contributed by atoms with Gasteiger partial charge in [-0.25, -0.2) is 0 Å². The zero-order chi connectivity index (χ0) is 26.4. The van der Waals surface area contributed by atoms with E-state index in [2.05, 4.69) is 50.3 Å². The third kappa shape index (κ3) is 4.54. The minimum absolute atomic E-state index is 0.0509. The number of nitrogens with zero attached hydrogens (tertiary/aromatic N) is 6. The first-order valence-corrected chi connectivity index (χ1v) is 13.8. The van der Waals surface area contributed by atoms with Crippen molar-refractivity contribution >= 4 is 22.3 Å². The van der Waals surface area contributed by atoms with Gasteiger partial charge in [-0.2, -0.15) is 5.26 Å². The highest BCUT2D eigenvalue weighted by molar-refractivity contribution is 5.95. The summed E-state index contributed by atoms with van der Waals surface area (Å²) in [6.07, 6.45) is 6.99. The van der Waals surface area contributed by atoms with Crippen LogP contribution in [-0.2, 0) is 22.4 Å². The Bertz CT molecular complexity index is 1480. The normalized spacial score (nSPS) is 23.3. The second kappa shape index (κ2) is 9.70. The average Bonchev–Trinajstić information content (AvgIpc) is 2.95. The number of anilines is 2. The van der Waals surface area contributed by atoms with Crippen LogP contribution < -0.4 is 15.1 Å². The van der Waals surface area contributed by atoms with Gasteiger partial charge in [0.2, 0.25) is 0 Å². The lowest BCUT2D eigenvalue weighted by Crippen LogP contribution is -2.69. The molecule has 9 heteroatoms. The number of nitriles is 1. The molecule has 0 radical (unpaired) electrons. The Hall–Kier alpha value is -3.87. The number of aromatic nitrogens is 2. The van der Waals surface area contributed by atoms with Crippen LogP contribution in [0.1, 0.15) is 23.7 Å². The molecule has 39 heavy (non-hydrogen) atoms. The summed E-state index contributed by atoms with van der Waals surface area (Å²) in [7, 11) is 0. The molecule has 3 fully saturated rings. The van der Waals surface area contributed by atoms with Crippen LogP contribution in [0.2, 0.25) is 0 Å². The lowest BCUT2D eigenvalue weighted by Gasteiger charge is -2.54. The lowest BCUT2D eigenvalue weighted by atomic mass is 9.91. The minimum atomic E-state index is -0.168. The third-order valence-electron chi connectivity index (χ3n) is 8.21. The maximum Gasteiger partial charge on any atom is 0.132 e. The molecule has 0 bridgehead atoms. The van der Waals surface area contributed by atoms with E-state index in [4.69, 9.17) is 14.5 Å². The Morgan fingerprint density at radius 1 is 1.18 bits per heavy atom. The zero-order valence-corrected chi connectivity index (χ0v) is 22.3. The smallest absolute Gasteiger partial charge is 0.132 e. The molecule has 6 heterocycles. The SMILES string of the molecule is C[C@@H]1CN(c2ccc(C#N)c3ncccc23)C/C(=C\N2CC3(C2)CN(c2cnc4c(c2)CNCC4)CCO3)O1. The molecule has 1 aromatic carbocycles. The molecule has 9 nitrogen and oxygen atoms in total. The fraction of sp³-hybridized carbons (Fsp3) is 0.433. The fourth-order valence-electron chi connectivity index (χ4n) is 6.43. The van der Waals surface area contributed by atoms with Crippen molar-refractivity contribution in [3.05, 3.63) is 71.5 Å². The number of benzene rings is 1. The van der Waals surface area contributed by atoms with E-state index in [0.717, 1.165) is 81.2 Å². The monoisotopic (exact) mass is 523 g/mol. The van der Waals surface area contributed by atoms with Gasteiger partial charge in [-0.05, 0) is 42.8 Å². The number of pyridine rings is 2. The summed E-state index contributed by atoms with van der Waals surface area (Å²) in [6.45, 7) is 9.62. The van der Waals surface area contributed by atoms with Crippen molar-refractivity contribution in [3.63, 3.8) is 0 Å². The number of hydrogen-bond acceptors (Lipinski definition) is 9. The lowest BCUT2D eigenvalue weighted by molar-refractivity contribution is -0.135. The van der Waals surface area contributed by atoms with Crippen molar-refractivity contribution in [2.24, 2.45) is 0 Å². The van der Waals surface area contributed by atoms with Crippen molar-refractivity contribution in [2.75, 3.05) is 62.2 Å². The molecule has 0 unspecified atom stereocenters. The van der Waals surface area contributed by atoms with Crippen LogP contribution >= 0.6 is 0 Å². The minimum Gasteiger partial charge on any atom is -0.490 e. The second-order valence-corrected chi connectivity index (χ2v) is 11.1. The van der Waals surface area contributed by atoms with Crippen LogP contribution in [0, 0.1) is 11.3 Å². The molecule has 0 amide bonds. The van der Waals surface area contributed by atoms with Gasteiger partial charge in [0.25, 0.3) is 0 Å². The number of morpholine rings is 2. The summed E-state index contributed by atoms with van der Waals surface area (Å²) in [6, 6.07) is 12.5. The Morgan fingerprint density at radius 3 is 3.00 bits per heavy atom. The molecule has 1 N–H and O–H groups in total. The van der Waals surface area contributed by atoms with Crippen LogP contribution in [-0.4, -0.2) is 79.0 Å². The molecule has 4 aliphatic rings. The molecular formula is C30H33N7O2. The maximum atomic E-state index is 9.53. The summed E-state index contributed by atoms with van der Waals surface area (Å²) in [5.41, 5.74) is 6.00. The van der Waals surface area contributed by atoms with Crippen molar-refractivity contribution in [2.45, 2.75) is 31.6 Å². The number of ether oxygens (including phenoxy) is 2. The van der Waals surface area contributed by atoms with E-state index in [0.29, 0.717) is 12.1 Å². The van der Waals surface area contributed by atoms with E-state index >= 15 is 0 Å². The standard InChI is InChI=1S/C30H33N7O2/c1-21-15-37(28-5-4-22(12-31)29-26(28)3-2-7-33-29)17-25(39-21)16-35-18-30(19-35)20-36(9-10-38-30)24-11-23-13-32-8-6-27(23)34-14-24/h2-5,7,11,14,16,21,32H,6,8-10,13,15,17-20H2,1H3/b25-16+/t21-/m1/s1. The Labute approximate surface area is 228 Å². The zero-order valence-electron chi connectivity index (χ0n) is 22.3. The maximum absolute atomic E-state index is 9.53. The second-order valence-electron chi connectivity index (χ2n) is 11.1. The van der Waals surface area contributed by atoms with Crippen molar-refractivity contribution in [3.8, 4) is 6.07 Å². The highest BCUT2D eigenvalue weighted by Gasteiger charge is 2.47. The van der Waals surface area contributed by atoms with Gasteiger partial charge in [0.05, 0.1) is 62.3 Å². The first-order valence-electron chi connectivity index (χ1n) is 13.8. The van der Waals surface area contributed by atoms with Gasteiger partial charge in [-0.3, -0.25) is 9.97 Å². The van der Waals surface area contributed by atoms with Crippen molar-refractivity contribution in [1.82, 2.24) is 20.2 Å². The Balaban J connectivity index is 1.05. The molecule has 0 aliphatic carbocycles. The number of rotatable bonds is 3. The Morgan fingerprint density at radius 2 is 2.10 bits per heavy atom.